The van der Waals surface area contributed by atoms with Crippen LogP contribution in [0.4, 0.5) is 10.1 Å². The van der Waals surface area contributed by atoms with Crippen LogP contribution in [-0.4, -0.2) is 32.0 Å². The first kappa shape index (κ1) is 26.8. The quantitative estimate of drug-likeness (QED) is 0.249. The molecular weight excluding hydrogens is 533 g/mol. The first-order chi connectivity index (χ1) is 18.8. The van der Waals surface area contributed by atoms with E-state index in [2.05, 4.69) is 41.0 Å². The van der Waals surface area contributed by atoms with Gasteiger partial charge in [-0.3, -0.25) is 9.78 Å². The van der Waals surface area contributed by atoms with Gasteiger partial charge in [0, 0.05) is 46.8 Å². The van der Waals surface area contributed by atoms with Gasteiger partial charge in [-0.1, -0.05) is 35.9 Å². The molecule has 5 rings (SSSR count). The summed E-state index contributed by atoms with van der Waals surface area (Å²) in [6.45, 7) is 6.64. The maximum Gasteiger partial charge on any atom is 0.226 e. The molecule has 1 aliphatic rings. The summed E-state index contributed by atoms with van der Waals surface area (Å²) in [6.07, 6.45) is 1.90. The fourth-order valence-corrected chi connectivity index (χ4v) is 5.92. The fourth-order valence-electron chi connectivity index (χ4n) is 5.40. The van der Waals surface area contributed by atoms with Crippen molar-refractivity contribution in [3.63, 3.8) is 0 Å². The molecule has 0 unspecified atom stereocenters. The predicted molar refractivity (Wildman–Crippen MR) is 157 cm³/mol. The highest BCUT2D eigenvalue weighted by Gasteiger charge is 2.42. The molecule has 39 heavy (non-hydrogen) atoms. The summed E-state index contributed by atoms with van der Waals surface area (Å²) < 4.78 is 16.3. The Hall–Kier alpha value is -3.75. The number of carbonyl (C=O) groups excluding carboxylic acids is 1. The lowest BCUT2D eigenvalue weighted by atomic mass is 9.93. The molecule has 200 valence electrons. The van der Waals surface area contributed by atoms with Gasteiger partial charge in [-0.15, -0.1) is 0 Å². The highest BCUT2D eigenvalue weighted by Crippen LogP contribution is 2.43. The number of benzene rings is 2. The fraction of sp³-hybridized carbons (Fsp3) is 0.233. The van der Waals surface area contributed by atoms with Crippen LogP contribution in [0.5, 0.6) is 0 Å². The summed E-state index contributed by atoms with van der Waals surface area (Å²) in [5.74, 6) is -0.759. The van der Waals surface area contributed by atoms with Crippen LogP contribution in [0.3, 0.4) is 0 Å². The Balaban J connectivity index is 1.52. The number of hydrogen-bond donors (Lipinski definition) is 2. The minimum absolute atomic E-state index is 0.133. The molecule has 0 spiro atoms. The Kier molecular flexibility index (Phi) is 7.68. The second kappa shape index (κ2) is 11.2. The molecule has 1 saturated heterocycles. The third kappa shape index (κ3) is 5.27. The Bertz CT molecular complexity index is 1540. The number of nitrogens with zero attached hydrogens (tertiary/aromatic N) is 3. The van der Waals surface area contributed by atoms with E-state index >= 15 is 0 Å². The predicted octanol–water partition coefficient (Wildman–Crippen LogP) is 6.59. The van der Waals surface area contributed by atoms with Crippen LogP contribution in [-0.2, 0) is 4.79 Å². The van der Waals surface area contributed by atoms with Crippen molar-refractivity contribution >= 4 is 40.5 Å². The number of pyridine rings is 1. The maximum absolute atomic E-state index is 14.1. The third-order valence-electron chi connectivity index (χ3n) is 7.29. The summed E-state index contributed by atoms with van der Waals surface area (Å²) in [6, 6.07) is 19.3. The van der Waals surface area contributed by atoms with Gasteiger partial charge < -0.3 is 20.1 Å². The Morgan fingerprint density at radius 1 is 1.08 bits per heavy atom. The topological polar surface area (TPSA) is 62.2 Å². The van der Waals surface area contributed by atoms with Crippen molar-refractivity contribution in [2.75, 3.05) is 11.9 Å². The minimum Gasteiger partial charge on any atom is -0.352 e. The Labute approximate surface area is 237 Å². The minimum atomic E-state index is -0.471. The highest BCUT2D eigenvalue weighted by molar-refractivity contribution is 7.80. The molecular formula is C30H29ClFN5OS. The van der Waals surface area contributed by atoms with E-state index in [4.69, 9.17) is 23.8 Å². The first-order valence-corrected chi connectivity index (χ1v) is 13.5. The molecule has 6 nitrogen and oxygen atoms in total. The first-order valence-electron chi connectivity index (χ1n) is 12.7. The van der Waals surface area contributed by atoms with Gasteiger partial charge in [0.1, 0.15) is 5.82 Å². The summed E-state index contributed by atoms with van der Waals surface area (Å²) in [5, 5.41) is 7.34. The van der Waals surface area contributed by atoms with Crippen molar-refractivity contribution in [3.05, 3.63) is 112 Å². The molecule has 4 aromatic rings. The maximum atomic E-state index is 14.1. The molecule has 0 saturated carbocycles. The van der Waals surface area contributed by atoms with E-state index in [-0.39, 0.29) is 30.1 Å². The molecule has 3 heterocycles. The molecule has 1 aliphatic heterocycles. The number of thiocarbonyl (C=S) groups is 1. The summed E-state index contributed by atoms with van der Waals surface area (Å²) in [7, 11) is 0. The highest BCUT2D eigenvalue weighted by atomic mass is 35.5. The van der Waals surface area contributed by atoms with Crippen molar-refractivity contribution in [1.82, 2.24) is 19.8 Å². The molecule has 9 heteroatoms. The molecule has 1 fully saturated rings. The second-order valence-corrected chi connectivity index (χ2v) is 10.4. The van der Waals surface area contributed by atoms with Crippen molar-refractivity contribution in [3.8, 4) is 5.69 Å². The third-order valence-corrected chi connectivity index (χ3v) is 7.88. The van der Waals surface area contributed by atoms with E-state index in [1.165, 1.54) is 6.07 Å². The van der Waals surface area contributed by atoms with Crippen LogP contribution >= 0.6 is 23.8 Å². The van der Waals surface area contributed by atoms with Crippen LogP contribution in [0.2, 0.25) is 5.02 Å². The van der Waals surface area contributed by atoms with Crippen LogP contribution in [0.25, 0.3) is 5.69 Å². The number of halogens is 2. The Morgan fingerprint density at radius 2 is 1.85 bits per heavy atom. The van der Waals surface area contributed by atoms with Crippen LogP contribution in [0, 0.1) is 26.6 Å². The lowest BCUT2D eigenvalue weighted by molar-refractivity contribution is -0.116. The van der Waals surface area contributed by atoms with Gasteiger partial charge in [0.05, 0.1) is 23.5 Å². The number of para-hydroxylation sites is 1. The van der Waals surface area contributed by atoms with E-state index in [0.29, 0.717) is 16.7 Å². The average Bonchev–Trinajstić information content (AvgIpc) is 3.35. The van der Waals surface area contributed by atoms with Gasteiger partial charge >= 0.3 is 0 Å². The number of nitrogens with one attached hydrogen (secondary N) is 2. The number of amides is 1. The van der Waals surface area contributed by atoms with Crippen molar-refractivity contribution in [2.24, 2.45) is 0 Å². The number of hydrogen-bond acceptors (Lipinski definition) is 3. The zero-order chi connectivity index (χ0) is 27.7. The number of anilines is 1. The molecule has 2 aromatic carbocycles. The summed E-state index contributed by atoms with van der Waals surface area (Å²) in [4.78, 5) is 19.5. The van der Waals surface area contributed by atoms with Crippen molar-refractivity contribution in [2.45, 2.75) is 39.3 Å². The van der Waals surface area contributed by atoms with Gasteiger partial charge in [-0.2, -0.15) is 0 Å². The lowest BCUT2D eigenvalue weighted by Crippen LogP contribution is -2.33. The van der Waals surface area contributed by atoms with E-state index in [1.54, 1.807) is 24.4 Å². The summed E-state index contributed by atoms with van der Waals surface area (Å²) >= 11 is 12.1. The molecule has 0 radical (unpaired) electrons. The van der Waals surface area contributed by atoms with Gasteiger partial charge in [-0.05, 0) is 81.0 Å². The van der Waals surface area contributed by atoms with E-state index in [9.17, 15) is 9.18 Å². The number of aromatic nitrogens is 2. The molecule has 2 atom stereocenters. The van der Waals surface area contributed by atoms with E-state index in [1.807, 2.05) is 47.4 Å². The second-order valence-electron chi connectivity index (χ2n) is 9.62. The largest absolute Gasteiger partial charge is 0.352 e. The number of rotatable bonds is 7. The van der Waals surface area contributed by atoms with Crippen LogP contribution < -0.4 is 10.6 Å². The van der Waals surface area contributed by atoms with E-state index in [0.717, 1.165) is 33.9 Å². The van der Waals surface area contributed by atoms with Crippen molar-refractivity contribution in [1.29, 1.82) is 0 Å². The van der Waals surface area contributed by atoms with Gasteiger partial charge in [0.25, 0.3) is 0 Å². The monoisotopic (exact) mass is 561 g/mol. The molecule has 1 amide bonds. The lowest BCUT2D eigenvalue weighted by Gasteiger charge is -2.29. The van der Waals surface area contributed by atoms with Gasteiger partial charge in [0.2, 0.25) is 5.91 Å². The molecule has 0 bridgehead atoms. The van der Waals surface area contributed by atoms with Gasteiger partial charge in [0.15, 0.2) is 5.11 Å². The SMILES string of the molecule is Cc1c([C@@H]2[C@H](c3ccccn3)NC(=S)N2CCC(=O)Nc2ccccc2F)c(C)n(-c2cccc(Cl)c2)c1C. The normalized spacial score (nSPS) is 16.8. The molecule has 0 aliphatic carbocycles. The standard InChI is InChI=1S/C30H29ClFN5OS/c1-18-19(2)37(22-10-8-9-21(31)17-22)20(3)27(18)29-28(25-13-6-7-15-33-25)35-30(39)36(29)16-14-26(38)34-24-12-5-4-11-23(24)32/h4-13,15,17,28-29H,14,16H2,1-3H3,(H,34,38)(H,35,39)/t28-,29+/m0/s1. The zero-order valence-corrected chi connectivity index (χ0v) is 23.5. The Morgan fingerprint density at radius 3 is 2.56 bits per heavy atom. The van der Waals surface area contributed by atoms with Crippen molar-refractivity contribution < 1.29 is 9.18 Å². The smallest absolute Gasteiger partial charge is 0.226 e. The number of carbonyl (C=O) groups is 1. The molecule has 2 N–H and O–H groups in total. The average molecular weight is 562 g/mol. The molecule has 2 aromatic heterocycles. The summed E-state index contributed by atoms with van der Waals surface area (Å²) in [5.41, 5.74) is 6.40. The zero-order valence-electron chi connectivity index (χ0n) is 21.9. The van der Waals surface area contributed by atoms with Gasteiger partial charge in [-0.25, -0.2) is 4.39 Å². The van der Waals surface area contributed by atoms with E-state index < -0.39 is 5.82 Å². The van der Waals surface area contributed by atoms with Crippen LogP contribution in [0.1, 0.15) is 46.7 Å². The van der Waals surface area contributed by atoms with Crippen LogP contribution in [0.15, 0.2) is 72.9 Å².